The molecule has 8 nitrogen and oxygen atoms in total. The minimum atomic E-state index is -2.86. The van der Waals surface area contributed by atoms with Crippen LogP contribution in [0.1, 0.15) is 37.9 Å². The molecule has 0 aromatic carbocycles. The Bertz CT molecular complexity index is 917. The molecule has 146 valence electrons. The molecule has 1 saturated heterocycles. The molecule has 1 aliphatic carbocycles. The Morgan fingerprint density at radius 2 is 2.07 bits per heavy atom. The number of guanidine groups is 1. The average molecular weight is 391 g/mol. The van der Waals surface area contributed by atoms with Crippen LogP contribution in [-0.2, 0) is 16.4 Å². The van der Waals surface area contributed by atoms with Crippen LogP contribution < -0.4 is 10.6 Å². The van der Waals surface area contributed by atoms with Crippen molar-refractivity contribution >= 4 is 21.4 Å². The fourth-order valence-electron chi connectivity index (χ4n) is 3.84. The fourth-order valence-corrected chi connectivity index (χ4v) is 5.70. The molecule has 3 heterocycles. The number of nitrogens with zero attached hydrogens (tertiary/aromatic N) is 4. The second kappa shape index (κ2) is 7.84. The summed E-state index contributed by atoms with van der Waals surface area (Å²) in [5, 5.41) is 15.2. The molecule has 27 heavy (non-hydrogen) atoms. The standard InChI is InChI=1S/C18H26N6O2S/c25-27(26)10-8-14(13-27)11-19-18(21-15-5-1-2-6-15)20-12-17-23-22-16-7-3-4-9-24(16)17/h3-4,7,9,14-15H,1-2,5-6,8,10-13H2,(H2,19,20,21). The Balaban J connectivity index is 1.44. The van der Waals surface area contributed by atoms with Gasteiger partial charge in [-0.2, -0.15) is 0 Å². The summed E-state index contributed by atoms with van der Waals surface area (Å²) in [5.41, 5.74) is 0.803. The maximum Gasteiger partial charge on any atom is 0.191 e. The zero-order valence-corrected chi connectivity index (χ0v) is 16.2. The summed E-state index contributed by atoms with van der Waals surface area (Å²) >= 11 is 0. The molecule has 0 radical (unpaired) electrons. The molecule has 0 amide bonds. The highest BCUT2D eigenvalue weighted by Gasteiger charge is 2.28. The summed E-state index contributed by atoms with van der Waals surface area (Å²) in [5.74, 6) is 2.24. The third-order valence-electron chi connectivity index (χ3n) is 5.34. The van der Waals surface area contributed by atoms with E-state index in [2.05, 4.69) is 20.8 Å². The van der Waals surface area contributed by atoms with Crippen LogP contribution in [0.5, 0.6) is 0 Å². The normalized spacial score (nSPS) is 23.1. The van der Waals surface area contributed by atoms with Crippen molar-refractivity contribution in [1.82, 2.24) is 25.2 Å². The summed E-state index contributed by atoms with van der Waals surface area (Å²) in [4.78, 5) is 4.70. The molecule has 0 spiro atoms. The van der Waals surface area contributed by atoms with Gasteiger partial charge in [0.1, 0.15) is 6.54 Å². The van der Waals surface area contributed by atoms with Crippen LogP contribution in [0.25, 0.3) is 5.65 Å². The summed E-state index contributed by atoms with van der Waals surface area (Å²) in [6.45, 7) is 1.04. The number of fused-ring (bicyclic) bond motifs is 1. The van der Waals surface area contributed by atoms with Gasteiger partial charge in [0, 0.05) is 18.8 Å². The van der Waals surface area contributed by atoms with E-state index in [0.29, 0.717) is 24.9 Å². The summed E-state index contributed by atoms with van der Waals surface area (Å²) in [7, 11) is -2.86. The van der Waals surface area contributed by atoms with Crippen molar-refractivity contribution in [1.29, 1.82) is 0 Å². The van der Waals surface area contributed by atoms with E-state index in [4.69, 9.17) is 4.99 Å². The predicted molar refractivity (Wildman–Crippen MR) is 104 cm³/mol. The van der Waals surface area contributed by atoms with Crippen LogP contribution in [0.15, 0.2) is 29.4 Å². The molecule has 9 heteroatoms. The first kappa shape index (κ1) is 18.2. The monoisotopic (exact) mass is 390 g/mol. The van der Waals surface area contributed by atoms with E-state index in [0.717, 1.165) is 36.7 Å². The number of rotatable bonds is 5. The molecule has 2 aromatic rings. The van der Waals surface area contributed by atoms with Crippen LogP contribution in [0.3, 0.4) is 0 Å². The van der Waals surface area contributed by atoms with Gasteiger partial charge >= 0.3 is 0 Å². The Morgan fingerprint density at radius 1 is 1.22 bits per heavy atom. The highest BCUT2D eigenvalue weighted by atomic mass is 32.2. The largest absolute Gasteiger partial charge is 0.356 e. The molecular weight excluding hydrogens is 364 g/mol. The molecule has 1 saturated carbocycles. The zero-order valence-electron chi connectivity index (χ0n) is 15.3. The number of aliphatic imine (C=N–C) groups is 1. The molecule has 1 atom stereocenters. The molecule has 2 fully saturated rings. The lowest BCUT2D eigenvalue weighted by Crippen LogP contribution is -2.44. The van der Waals surface area contributed by atoms with Gasteiger partial charge in [-0.05, 0) is 37.3 Å². The highest BCUT2D eigenvalue weighted by molar-refractivity contribution is 7.91. The van der Waals surface area contributed by atoms with Gasteiger partial charge in [-0.1, -0.05) is 18.9 Å². The molecular formula is C18H26N6O2S. The van der Waals surface area contributed by atoms with E-state index < -0.39 is 9.84 Å². The maximum absolute atomic E-state index is 11.7. The fraction of sp³-hybridized carbons (Fsp3) is 0.611. The average Bonchev–Trinajstić information content (AvgIpc) is 3.37. The van der Waals surface area contributed by atoms with Gasteiger partial charge in [-0.15, -0.1) is 10.2 Å². The minimum Gasteiger partial charge on any atom is -0.356 e. The van der Waals surface area contributed by atoms with Crippen molar-refractivity contribution in [3.63, 3.8) is 0 Å². The Kier molecular flexibility index (Phi) is 5.29. The van der Waals surface area contributed by atoms with Gasteiger partial charge in [0.2, 0.25) is 0 Å². The van der Waals surface area contributed by atoms with Gasteiger partial charge in [-0.3, -0.25) is 4.40 Å². The van der Waals surface area contributed by atoms with Crippen molar-refractivity contribution in [2.75, 3.05) is 18.1 Å². The van der Waals surface area contributed by atoms with E-state index in [-0.39, 0.29) is 11.7 Å². The number of sulfone groups is 1. The Hall–Kier alpha value is -2.16. The second-order valence-corrected chi connectivity index (χ2v) is 9.71. The first-order valence-corrected chi connectivity index (χ1v) is 11.5. The van der Waals surface area contributed by atoms with Crippen LogP contribution in [-0.4, -0.2) is 53.1 Å². The molecule has 2 N–H and O–H groups in total. The number of aromatic nitrogens is 3. The summed E-state index contributed by atoms with van der Waals surface area (Å²) < 4.78 is 25.3. The third-order valence-corrected chi connectivity index (χ3v) is 7.18. The van der Waals surface area contributed by atoms with E-state index in [1.165, 1.54) is 12.8 Å². The highest BCUT2D eigenvalue weighted by Crippen LogP contribution is 2.19. The van der Waals surface area contributed by atoms with Crippen LogP contribution in [0.4, 0.5) is 0 Å². The van der Waals surface area contributed by atoms with Crippen molar-refractivity contribution in [3.05, 3.63) is 30.2 Å². The number of nitrogens with one attached hydrogen (secondary N) is 2. The molecule has 2 aliphatic rings. The van der Waals surface area contributed by atoms with Crippen molar-refractivity contribution in [2.24, 2.45) is 10.9 Å². The van der Waals surface area contributed by atoms with Crippen molar-refractivity contribution < 1.29 is 8.42 Å². The molecule has 1 aliphatic heterocycles. The molecule has 0 bridgehead atoms. The van der Waals surface area contributed by atoms with Crippen LogP contribution >= 0.6 is 0 Å². The van der Waals surface area contributed by atoms with Gasteiger partial charge in [-0.25, -0.2) is 13.4 Å². The number of hydrogen-bond donors (Lipinski definition) is 2. The predicted octanol–water partition coefficient (Wildman–Crippen LogP) is 1.14. The number of hydrogen-bond acceptors (Lipinski definition) is 5. The summed E-state index contributed by atoms with van der Waals surface area (Å²) in [6, 6.07) is 6.22. The lowest BCUT2D eigenvalue weighted by molar-refractivity contribution is 0.553. The van der Waals surface area contributed by atoms with Crippen molar-refractivity contribution in [3.8, 4) is 0 Å². The summed E-state index contributed by atoms with van der Waals surface area (Å²) in [6.07, 6.45) is 7.42. The lowest BCUT2D eigenvalue weighted by atomic mass is 10.1. The zero-order chi connectivity index (χ0) is 18.7. The smallest absolute Gasteiger partial charge is 0.191 e. The third kappa shape index (κ3) is 4.58. The van der Waals surface area contributed by atoms with Gasteiger partial charge in [0.15, 0.2) is 27.3 Å². The Labute approximate surface area is 159 Å². The lowest BCUT2D eigenvalue weighted by Gasteiger charge is -2.19. The first-order valence-electron chi connectivity index (χ1n) is 9.63. The molecule has 2 aromatic heterocycles. The molecule has 4 rings (SSSR count). The topological polar surface area (TPSA) is 101 Å². The maximum atomic E-state index is 11.7. The SMILES string of the molecule is O=S1(=O)CCC(CNC(=NCc2nnc3ccccn23)NC2CCCC2)C1. The van der Waals surface area contributed by atoms with Gasteiger partial charge in [0.25, 0.3) is 0 Å². The van der Waals surface area contributed by atoms with E-state index in [1.54, 1.807) is 0 Å². The second-order valence-electron chi connectivity index (χ2n) is 7.49. The molecule has 1 unspecified atom stereocenters. The van der Waals surface area contributed by atoms with Gasteiger partial charge in [0.05, 0.1) is 11.5 Å². The van der Waals surface area contributed by atoms with Crippen molar-refractivity contribution in [2.45, 2.75) is 44.7 Å². The Morgan fingerprint density at radius 3 is 2.85 bits per heavy atom. The van der Waals surface area contributed by atoms with E-state index in [9.17, 15) is 8.42 Å². The van der Waals surface area contributed by atoms with E-state index >= 15 is 0 Å². The first-order chi connectivity index (χ1) is 13.1. The minimum absolute atomic E-state index is 0.152. The van der Waals surface area contributed by atoms with Crippen LogP contribution in [0.2, 0.25) is 0 Å². The quantitative estimate of drug-likeness (QED) is 0.587. The van der Waals surface area contributed by atoms with E-state index in [1.807, 2.05) is 28.8 Å². The van der Waals surface area contributed by atoms with Gasteiger partial charge < -0.3 is 10.6 Å². The van der Waals surface area contributed by atoms with Crippen LogP contribution in [0, 0.1) is 5.92 Å². The number of pyridine rings is 1.